The number of nitrogens with zero attached hydrogens (tertiary/aromatic N) is 3. The Morgan fingerprint density at radius 3 is 2.64 bits per heavy atom. The number of carbonyl (C=O) groups excluding carboxylic acids is 1. The standard InChI is InChI=1S/C17H11ClN4OS2/c18-11-7-5-10(6-8-11)9-14-21-22-17(25-14)20-15(23)16-19-12-3-1-2-4-13(12)24-16/h1-8H,9H2,(H,20,22,23). The zero-order valence-corrected chi connectivity index (χ0v) is 15.2. The van der Waals surface area contributed by atoms with Crippen molar-refractivity contribution in [1.82, 2.24) is 15.2 Å². The summed E-state index contributed by atoms with van der Waals surface area (Å²) in [4.78, 5) is 16.7. The van der Waals surface area contributed by atoms with Crippen molar-refractivity contribution in [2.75, 3.05) is 5.32 Å². The summed E-state index contributed by atoms with van der Waals surface area (Å²) in [5.74, 6) is -0.268. The molecule has 0 radical (unpaired) electrons. The summed E-state index contributed by atoms with van der Waals surface area (Å²) in [6.07, 6.45) is 0.645. The zero-order valence-electron chi connectivity index (χ0n) is 12.8. The van der Waals surface area contributed by atoms with Crippen molar-refractivity contribution >= 4 is 55.5 Å². The number of rotatable bonds is 4. The first-order valence-electron chi connectivity index (χ1n) is 7.41. The van der Waals surface area contributed by atoms with E-state index in [1.165, 1.54) is 22.7 Å². The van der Waals surface area contributed by atoms with Crippen molar-refractivity contribution in [1.29, 1.82) is 0 Å². The fourth-order valence-corrected chi connectivity index (χ4v) is 4.03. The normalized spacial score (nSPS) is 10.9. The maximum atomic E-state index is 12.3. The van der Waals surface area contributed by atoms with Gasteiger partial charge < -0.3 is 0 Å². The van der Waals surface area contributed by atoms with Gasteiger partial charge in [-0.1, -0.05) is 47.2 Å². The number of para-hydroxylation sites is 1. The van der Waals surface area contributed by atoms with Crippen LogP contribution in [0, 0.1) is 0 Å². The average molecular weight is 387 g/mol. The number of fused-ring (bicyclic) bond motifs is 1. The minimum absolute atomic E-state index is 0.268. The Bertz CT molecular complexity index is 1010. The quantitative estimate of drug-likeness (QED) is 0.554. The first-order valence-corrected chi connectivity index (χ1v) is 9.42. The molecule has 2 aromatic heterocycles. The van der Waals surface area contributed by atoms with E-state index in [0.29, 0.717) is 21.6 Å². The third kappa shape index (κ3) is 3.68. The van der Waals surface area contributed by atoms with Gasteiger partial charge in [0, 0.05) is 11.4 Å². The van der Waals surface area contributed by atoms with Crippen LogP contribution in [0.1, 0.15) is 20.4 Å². The van der Waals surface area contributed by atoms with Crippen LogP contribution in [-0.4, -0.2) is 21.1 Å². The molecule has 1 N–H and O–H groups in total. The van der Waals surface area contributed by atoms with Gasteiger partial charge in [0.05, 0.1) is 10.2 Å². The number of aromatic nitrogens is 3. The van der Waals surface area contributed by atoms with Gasteiger partial charge in [-0.05, 0) is 29.8 Å². The van der Waals surface area contributed by atoms with Crippen molar-refractivity contribution in [3.63, 3.8) is 0 Å². The van der Waals surface area contributed by atoms with Crippen molar-refractivity contribution < 1.29 is 4.79 Å². The second-order valence-electron chi connectivity index (χ2n) is 5.25. The molecule has 124 valence electrons. The van der Waals surface area contributed by atoms with Crippen LogP contribution in [0.3, 0.4) is 0 Å². The van der Waals surface area contributed by atoms with E-state index in [0.717, 1.165) is 20.8 Å². The fraction of sp³-hybridized carbons (Fsp3) is 0.0588. The zero-order chi connectivity index (χ0) is 17.2. The highest BCUT2D eigenvalue weighted by Gasteiger charge is 2.14. The van der Waals surface area contributed by atoms with Crippen LogP contribution in [0.15, 0.2) is 48.5 Å². The molecular weight excluding hydrogens is 376 g/mol. The van der Waals surface area contributed by atoms with E-state index in [-0.39, 0.29) is 5.91 Å². The lowest BCUT2D eigenvalue weighted by Crippen LogP contribution is -2.11. The van der Waals surface area contributed by atoms with Crippen LogP contribution >= 0.6 is 34.3 Å². The molecule has 4 aromatic rings. The Balaban J connectivity index is 1.46. The van der Waals surface area contributed by atoms with Gasteiger partial charge in [0.15, 0.2) is 5.01 Å². The predicted molar refractivity (Wildman–Crippen MR) is 102 cm³/mol. The van der Waals surface area contributed by atoms with E-state index >= 15 is 0 Å². The Hall–Kier alpha value is -2.35. The molecule has 0 atom stereocenters. The number of hydrogen-bond acceptors (Lipinski definition) is 6. The van der Waals surface area contributed by atoms with Gasteiger partial charge in [-0.2, -0.15) is 0 Å². The van der Waals surface area contributed by atoms with Gasteiger partial charge in [-0.3, -0.25) is 10.1 Å². The lowest BCUT2D eigenvalue weighted by Gasteiger charge is -1.97. The molecule has 25 heavy (non-hydrogen) atoms. The molecule has 0 fully saturated rings. The summed E-state index contributed by atoms with van der Waals surface area (Å²) in [6.45, 7) is 0. The largest absolute Gasteiger partial charge is 0.294 e. The number of anilines is 1. The third-order valence-corrected chi connectivity index (χ3v) is 5.57. The number of hydrogen-bond donors (Lipinski definition) is 1. The number of nitrogens with one attached hydrogen (secondary N) is 1. The van der Waals surface area contributed by atoms with Crippen LogP contribution in [0.5, 0.6) is 0 Å². The van der Waals surface area contributed by atoms with Gasteiger partial charge in [0.2, 0.25) is 5.13 Å². The maximum absolute atomic E-state index is 12.3. The van der Waals surface area contributed by atoms with Crippen LogP contribution in [0.2, 0.25) is 5.02 Å². The molecule has 0 aliphatic rings. The van der Waals surface area contributed by atoms with Crippen LogP contribution < -0.4 is 5.32 Å². The molecule has 0 saturated heterocycles. The molecule has 0 aliphatic carbocycles. The topological polar surface area (TPSA) is 67.8 Å². The highest BCUT2D eigenvalue weighted by Crippen LogP contribution is 2.24. The van der Waals surface area contributed by atoms with E-state index in [1.54, 1.807) is 0 Å². The van der Waals surface area contributed by atoms with Gasteiger partial charge >= 0.3 is 0 Å². The predicted octanol–water partition coefficient (Wildman–Crippen LogP) is 4.64. The van der Waals surface area contributed by atoms with Crippen molar-refractivity contribution in [3.8, 4) is 0 Å². The molecule has 1 amide bonds. The number of amides is 1. The fourth-order valence-electron chi connectivity index (χ4n) is 2.27. The minimum atomic E-state index is -0.268. The van der Waals surface area contributed by atoms with E-state index in [9.17, 15) is 4.79 Å². The highest BCUT2D eigenvalue weighted by molar-refractivity contribution is 7.20. The summed E-state index contributed by atoms with van der Waals surface area (Å²) in [5.41, 5.74) is 1.91. The minimum Gasteiger partial charge on any atom is -0.294 e. The summed E-state index contributed by atoms with van der Waals surface area (Å²) in [6, 6.07) is 15.2. The molecule has 0 spiro atoms. The van der Waals surface area contributed by atoms with Crippen molar-refractivity contribution in [2.45, 2.75) is 6.42 Å². The Labute approximate surface area is 156 Å². The van der Waals surface area contributed by atoms with E-state index in [2.05, 4.69) is 20.5 Å². The molecule has 0 bridgehead atoms. The van der Waals surface area contributed by atoms with Gasteiger partial charge in [0.1, 0.15) is 5.01 Å². The molecule has 5 nitrogen and oxygen atoms in total. The van der Waals surface area contributed by atoms with Gasteiger partial charge in [-0.15, -0.1) is 21.5 Å². The maximum Gasteiger partial charge on any atom is 0.286 e. The van der Waals surface area contributed by atoms with Gasteiger partial charge in [-0.25, -0.2) is 4.98 Å². The summed E-state index contributed by atoms with van der Waals surface area (Å²) in [7, 11) is 0. The number of carbonyl (C=O) groups is 1. The van der Waals surface area contributed by atoms with Crippen molar-refractivity contribution in [3.05, 3.63) is 69.1 Å². The second-order valence-corrected chi connectivity index (χ2v) is 7.77. The molecule has 8 heteroatoms. The number of thiazole rings is 1. The summed E-state index contributed by atoms with van der Waals surface area (Å²) in [5, 5.41) is 13.3. The van der Waals surface area contributed by atoms with Crippen molar-refractivity contribution in [2.24, 2.45) is 0 Å². The monoisotopic (exact) mass is 386 g/mol. The first kappa shape index (κ1) is 16.1. The summed E-state index contributed by atoms with van der Waals surface area (Å²) >= 11 is 8.59. The lowest BCUT2D eigenvalue weighted by molar-refractivity contribution is 0.102. The third-order valence-electron chi connectivity index (χ3n) is 3.44. The molecule has 0 unspecified atom stereocenters. The molecule has 2 heterocycles. The molecule has 4 rings (SSSR count). The number of halogens is 1. The molecule has 0 aliphatic heterocycles. The SMILES string of the molecule is O=C(Nc1nnc(Cc2ccc(Cl)cc2)s1)c1nc2ccccc2s1. The smallest absolute Gasteiger partial charge is 0.286 e. The summed E-state index contributed by atoms with van der Waals surface area (Å²) < 4.78 is 0.980. The van der Waals surface area contributed by atoms with Crippen LogP contribution in [0.4, 0.5) is 5.13 Å². The lowest BCUT2D eigenvalue weighted by atomic mass is 10.2. The van der Waals surface area contributed by atoms with E-state index in [1.807, 2.05) is 48.5 Å². The Kier molecular flexibility index (Phi) is 4.44. The Morgan fingerprint density at radius 1 is 1.04 bits per heavy atom. The van der Waals surface area contributed by atoms with E-state index in [4.69, 9.17) is 11.6 Å². The Morgan fingerprint density at radius 2 is 1.84 bits per heavy atom. The van der Waals surface area contributed by atoms with E-state index < -0.39 is 0 Å². The molecule has 2 aromatic carbocycles. The van der Waals surface area contributed by atoms with Crippen LogP contribution in [0.25, 0.3) is 10.2 Å². The highest BCUT2D eigenvalue weighted by atomic mass is 35.5. The second kappa shape index (κ2) is 6.87. The first-order chi connectivity index (χ1) is 12.2. The molecule has 0 saturated carbocycles. The molecular formula is C17H11ClN4OS2. The van der Waals surface area contributed by atoms with Crippen LogP contribution in [-0.2, 0) is 6.42 Å². The number of benzene rings is 2. The average Bonchev–Trinajstić information content (AvgIpc) is 3.23. The van der Waals surface area contributed by atoms with Gasteiger partial charge in [0.25, 0.3) is 5.91 Å².